The van der Waals surface area contributed by atoms with Gasteiger partial charge < -0.3 is 15.4 Å². The zero-order valence-corrected chi connectivity index (χ0v) is 16.1. The van der Waals surface area contributed by atoms with E-state index in [0.29, 0.717) is 12.6 Å². The number of ether oxygens (including phenoxy) is 1. The van der Waals surface area contributed by atoms with Gasteiger partial charge in [-0.15, -0.1) is 24.0 Å². The number of hydrogen-bond donors (Lipinski definition) is 2. The van der Waals surface area contributed by atoms with E-state index < -0.39 is 0 Å². The fourth-order valence-electron chi connectivity index (χ4n) is 2.36. The summed E-state index contributed by atoms with van der Waals surface area (Å²) in [7, 11) is 0. The molecule has 0 spiro atoms. The van der Waals surface area contributed by atoms with E-state index in [2.05, 4.69) is 22.5 Å². The number of rotatable bonds is 6. The number of nitrogens with zero attached hydrogens (tertiary/aromatic N) is 1. The molecular formula is C16H25ClIN3O. The van der Waals surface area contributed by atoms with Gasteiger partial charge in [0.2, 0.25) is 0 Å². The summed E-state index contributed by atoms with van der Waals surface area (Å²) in [6, 6.07) is 7.81. The van der Waals surface area contributed by atoms with Gasteiger partial charge in [-0.2, -0.15) is 0 Å². The number of guanidine groups is 1. The second-order valence-electron chi connectivity index (χ2n) is 5.14. The lowest BCUT2D eigenvalue weighted by Crippen LogP contribution is -2.38. The van der Waals surface area contributed by atoms with Crippen molar-refractivity contribution in [3.63, 3.8) is 0 Å². The molecule has 0 bridgehead atoms. The summed E-state index contributed by atoms with van der Waals surface area (Å²) in [5.74, 6) is 0.829. The Balaban J connectivity index is 0.00000242. The second-order valence-corrected chi connectivity index (χ2v) is 5.54. The van der Waals surface area contributed by atoms with Gasteiger partial charge in [0.1, 0.15) is 0 Å². The SMILES string of the molecule is CCNC(=NCc1ccccc1Cl)NCCC1CCCO1.I. The first-order chi connectivity index (χ1) is 10.3. The van der Waals surface area contributed by atoms with Gasteiger partial charge in [-0.25, -0.2) is 4.99 Å². The van der Waals surface area contributed by atoms with E-state index >= 15 is 0 Å². The molecule has 22 heavy (non-hydrogen) atoms. The van der Waals surface area contributed by atoms with E-state index in [4.69, 9.17) is 16.3 Å². The number of halogens is 2. The van der Waals surface area contributed by atoms with Crippen LogP contribution in [-0.4, -0.2) is 31.8 Å². The standard InChI is InChI=1S/C16H24ClN3O.HI/c1-2-18-16(19-10-9-14-7-5-11-21-14)20-12-13-6-3-4-8-15(13)17;/h3-4,6,8,14H,2,5,7,9-12H2,1H3,(H2,18,19,20);1H. The van der Waals surface area contributed by atoms with E-state index in [1.54, 1.807) is 0 Å². The summed E-state index contributed by atoms with van der Waals surface area (Å²) >= 11 is 6.15. The van der Waals surface area contributed by atoms with E-state index in [9.17, 15) is 0 Å². The predicted octanol–water partition coefficient (Wildman–Crippen LogP) is 3.58. The smallest absolute Gasteiger partial charge is 0.191 e. The van der Waals surface area contributed by atoms with Crippen molar-refractivity contribution < 1.29 is 4.74 Å². The Morgan fingerprint density at radius 1 is 1.36 bits per heavy atom. The Morgan fingerprint density at radius 2 is 2.18 bits per heavy atom. The van der Waals surface area contributed by atoms with E-state index in [0.717, 1.165) is 42.7 Å². The quantitative estimate of drug-likeness (QED) is 0.406. The number of hydrogen-bond acceptors (Lipinski definition) is 2. The first-order valence-corrected chi connectivity index (χ1v) is 8.04. The van der Waals surface area contributed by atoms with Crippen molar-refractivity contribution in [2.75, 3.05) is 19.7 Å². The minimum absolute atomic E-state index is 0. The van der Waals surface area contributed by atoms with Crippen LogP contribution in [0.5, 0.6) is 0 Å². The molecule has 1 saturated heterocycles. The topological polar surface area (TPSA) is 45.7 Å². The van der Waals surface area contributed by atoms with E-state index in [1.165, 1.54) is 12.8 Å². The van der Waals surface area contributed by atoms with Crippen LogP contribution in [0, 0.1) is 0 Å². The highest BCUT2D eigenvalue weighted by Crippen LogP contribution is 2.16. The van der Waals surface area contributed by atoms with Crippen LogP contribution in [0.2, 0.25) is 5.02 Å². The molecule has 0 radical (unpaired) electrons. The van der Waals surface area contributed by atoms with Crippen molar-refractivity contribution in [1.82, 2.24) is 10.6 Å². The minimum atomic E-state index is 0. The molecule has 1 aromatic rings. The molecular weight excluding hydrogens is 413 g/mol. The highest BCUT2D eigenvalue weighted by molar-refractivity contribution is 14.0. The van der Waals surface area contributed by atoms with Gasteiger partial charge in [0.25, 0.3) is 0 Å². The molecule has 6 heteroatoms. The van der Waals surface area contributed by atoms with Crippen LogP contribution in [0.25, 0.3) is 0 Å². The van der Waals surface area contributed by atoms with Crippen LogP contribution in [0.3, 0.4) is 0 Å². The van der Waals surface area contributed by atoms with Crippen molar-refractivity contribution in [1.29, 1.82) is 0 Å². The maximum atomic E-state index is 6.15. The molecule has 1 fully saturated rings. The van der Waals surface area contributed by atoms with Gasteiger partial charge in [0.15, 0.2) is 5.96 Å². The first-order valence-electron chi connectivity index (χ1n) is 7.66. The van der Waals surface area contributed by atoms with Crippen molar-refractivity contribution in [2.45, 2.75) is 38.8 Å². The normalized spacial score (nSPS) is 17.9. The molecule has 1 unspecified atom stereocenters. The highest BCUT2D eigenvalue weighted by Gasteiger charge is 2.14. The highest BCUT2D eigenvalue weighted by atomic mass is 127. The average molecular weight is 438 g/mol. The van der Waals surface area contributed by atoms with Crippen molar-refractivity contribution >= 4 is 41.5 Å². The largest absolute Gasteiger partial charge is 0.378 e. The predicted molar refractivity (Wildman–Crippen MR) is 103 cm³/mol. The van der Waals surface area contributed by atoms with Gasteiger partial charge in [0.05, 0.1) is 12.6 Å². The Bertz CT molecular complexity index is 464. The molecule has 0 aliphatic carbocycles. The molecule has 0 amide bonds. The minimum Gasteiger partial charge on any atom is -0.378 e. The lowest BCUT2D eigenvalue weighted by molar-refractivity contribution is 0.105. The molecule has 1 aromatic carbocycles. The Labute approximate surface area is 155 Å². The first kappa shape index (κ1) is 19.5. The van der Waals surface area contributed by atoms with E-state index in [-0.39, 0.29) is 24.0 Å². The number of benzene rings is 1. The van der Waals surface area contributed by atoms with Crippen molar-refractivity contribution in [2.24, 2.45) is 4.99 Å². The van der Waals surface area contributed by atoms with Crippen LogP contribution in [0.1, 0.15) is 31.7 Å². The molecule has 1 atom stereocenters. The summed E-state index contributed by atoms with van der Waals surface area (Å²) in [4.78, 5) is 4.58. The van der Waals surface area contributed by atoms with Crippen molar-refractivity contribution in [3.8, 4) is 0 Å². The molecule has 1 heterocycles. The zero-order valence-electron chi connectivity index (χ0n) is 13.0. The number of aliphatic imine (C=N–C) groups is 1. The fourth-order valence-corrected chi connectivity index (χ4v) is 2.55. The zero-order chi connectivity index (χ0) is 14.9. The van der Waals surface area contributed by atoms with Gasteiger partial charge in [-0.1, -0.05) is 29.8 Å². The van der Waals surface area contributed by atoms with Gasteiger partial charge in [-0.05, 0) is 37.8 Å². The number of nitrogens with one attached hydrogen (secondary N) is 2. The lowest BCUT2D eigenvalue weighted by atomic mass is 10.2. The third-order valence-corrected chi connectivity index (χ3v) is 3.86. The third-order valence-electron chi connectivity index (χ3n) is 3.49. The van der Waals surface area contributed by atoms with Crippen molar-refractivity contribution in [3.05, 3.63) is 34.9 Å². The van der Waals surface area contributed by atoms with Crippen LogP contribution in [0.4, 0.5) is 0 Å². The summed E-state index contributed by atoms with van der Waals surface area (Å²) in [5, 5.41) is 7.37. The Hall–Kier alpha value is -0.530. The van der Waals surface area contributed by atoms with Crippen LogP contribution < -0.4 is 10.6 Å². The molecule has 4 nitrogen and oxygen atoms in total. The molecule has 1 aliphatic rings. The second kappa shape index (κ2) is 11.1. The van der Waals surface area contributed by atoms with Crippen LogP contribution in [-0.2, 0) is 11.3 Å². The average Bonchev–Trinajstić information content (AvgIpc) is 2.99. The monoisotopic (exact) mass is 437 g/mol. The third kappa shape index (κ3) is 6.71. The molecule has 2 rings (SSSR count). The Kier molecular flexibility index (Phi) is 9.82. The molecule has 1 aliphatic heterocycles. The van der Waals surface area contributed by atoms with E-state index in [1.807, 2.05) is 24.3 Å². The van der Waals surface area contributed by atoms with Gasteiger partial charge in [-0.3, -0.25) is 0 Å². The van der Waals surface area contributed by atoms with Crippen LogP contribution in [0.15, 0.2) is 29.3 Å². The van der Waals surface area contributed by atoms with Gasteiger partial charge in [0, 0.05) is 24.7 Å². The summed E-state index contributed by atoms with van der Waals surface area (Å²) in [5.41, 5.74) is 1.04. The summed E-state index contributed by atoms with van der Waals surface area (Å²) < 4.78 is 5.62. The summed E-state index contributed by atoms with van der Waals surface area (Å²) in [6.45, 7) is 5.26. The molecule has 2 N–H and O–H groups in total. The maximum Gasteiger partial charge on any atom is 0.191 e. The Morgan fingerprint density at radius 3 is 2.86 bits per heavy atom. The molecule has 0 saturated carbocycles. The maximum absolute atomic E-state index is 6.15. The lowest BCUT2D eigenvalue weighted by Gasteiger charge is -2.13. The summed E-state index contributed by atoms with van der Waals surface area (Å²) in [6.07, 6.45) is 3.79. The molecule has 0 aromatic heterocycles. The van der Waals surface area contributed by atoms with Crippen LogP contribution >= 0.6 is 35.6 Å². The van der Waals surface area contributed by atoms with Gasteiger partial charge >= 0.3 is 0 Å². The molecule has 124 valence electrons. The fraction of sp³-hybridized carbons (Fsp3) is 0.562.